The zero-order chi connectivity index (χ0) is 23.4. The Morgan fingerprint density at radius 2 is 1.94 bits per heavy atom. The number of hydrogen-bond donors (Lipinski definition) is 4. The van der Waals surface area contributed by atoms with E-state index < -0.39 is 0 Å². The molecule has 2 heterocycles. The number of nitrogens with zero attached hydrogens (tertiary/aromatic N) is 1. The number of H-pyrrole nitrogens is 1. The van der Waals surface area contributed by atoms with Gasteiger partial charge in [0.1, 0.15) is 0 Å². The summed E-state index contributed by atoms with van der Waals surface area (Å²) < 4.78 is 0.710. The number of carbonyl (C=O) groups is 2. The molecule has 4 N–H and O–H groups in total. The van der Waals surface area contributed by atoms with Crippen molar-refractivity contribution >= 4 is 39.6 Å². The summed E-state index contributed by atoms with van der Waals surface area (Å²) in [5.41, 5.74) is 3.38. The third-order valence-electron chi connectivity index (χ3n) is 5.75. The molecule has 1 fully saturated rings. The van der Waals surface area contributed by atoms with Gasteiger partial charge in [-0.1, -0.05) is 15.9 Å². The van der Waals surface area contributed by atoms with Crippen LogP contribution in [0, 0.1) is 19.3 Å². The van der Waals surface area contributed by atoms with Crippen molar-refractivity contribution < 1.29 is 9.59 Å². The Kier molecular flexibility index (Phi) is 7.50. The van der Waals surface area contributed by atoms with E-state index in [4.69, 9.17) is 5.41 Å². The van der Waals surface area contributed by atoms with Gasteiger partial charge in [-0.2, -0.15) is 0 Å². The number of likely N-dealkylation sites (tertiary alicyclic amines) is 1. The van der Waals surface area contributed by atoms with Gasteiger partial charge in [0, 0.05) is 65.8 Å². The molecule has 1 aromatic carbocycles. The number of amides is 2. The second kappa shape index (κ2) is 10.1. The van der Waals surface area contributed by atoms with Crippen LogP contribution in [0.25, 0.3) is 0 Å². The number of aryl methyl sites for hydroxylation is 2. The van der Waals surface area contributed by atoms with E-state index in [9.17, 15) is 14.4 Å². The molecule has 9 heteroatoms. The highest BCUT2D eigenvalue weighted by atomic mass is 79.9. The van der Waals surface area contributed by atoms with E-state index in [1.807, 2.05) is 30.9 Å². The molecule has 1 aliphatic heterocycles. The lowest BCUT2D eigenvalue weighted by Crippen LogP contribution is -2.41. The topological polar surface area (TPSA) is 118 Å². The Morgan fingerprint density at radius 1 is 1.25 bits per heavy atom. The first-order valence-corrected chi connectivity index (χ1v) is 11.3. The van der Waals surface area contributed by atoms with Crippen LogP contribution in [0.3, 0.4) is 0 Å². The van der Waals surface area contributed by atoms with Gasteiger partial charge in [-0.05, 0) is 50.5 Å². The third-order valence-corrected chi connectivity index (χ3v) is 6.21. The molecule has 8 nitrogen and oxygen atoms in total. The van der Waals surface area contributed by atoms with Gasteiger partial charge in [-0.3, -0.25) is 14.4 Å². The molecule has 0 unspecified atom stereocenters. The predicted molar refractivity (Wildman–Crippen MR) is 129 cm³/mol. The molecule has 2 aromatic rings. The highest BCUT2D eigenvalue weighted by Gasteiger charge is 2.23. The van der Waals surface area contributed by atoms with Crippen LogP contribution in [-0.4, -0.2) is 47.0 Å². The van der Waals surface area contributed by atoms with Crippen molar-refractivity contribution in [3.8, 4) is 0 Å². The third kappa shape index (κ3) is 5.45. The summed E-state index contributed by atoms with van der Waals surface area (Å²) in [7, 11) is 0. The van der Waals surface area contributed by atoms with Gasteiger partial charge < -0.3 is 25.9 Å². The van der Waals surface area contributed by atoms with E-state index in [1.165, 1.54) is 0 Å². The number of hydrogen-bond acceptors (Lipinski definition) is 5. The van der Waals surface area contributed by atoms with E-state index in [0.717, 1.165) is 30.3 Å². The first kappa shape index (κ1) is 23.7. The fraction of sp³-hybridized carbons (Fsp3) is 0.391. The van der Waals surface area contributed by atoms with E-state index in [-0.39, 0.29) is 30.0 Å². The summed E-state index contributed by atoms with van der Waals surface area (Å²) in [6.07, 6.45) is 2.75. The number of benzene rings is 1. The molecule has 0 bridgehead atoms. The largest absolute Gasteiger partial charge is 0.382 e. The Bertz CT molecular complexity index is 1100. The number of anilines is 1. The monoisotopic (exact) mass is 501 g/mol. The van der Waals surface area contributed by atoms with E-state index in [0.29, 0.717) is 39.9 Å². The van der Waals surface area contributed by atoms with Gasteiger partial charge in [0.25, 0.3) is 11.5 Å². The van der Waals surface area contributed by atoms with Crippen molar-refractivity contribution in [1.82, 2.24) is 15.2 Å². The molecule has 0 radical (unpaired) electrons. The normalized spacial score (nSPS) is 14.2. The van der Waals surface area contributed by atoms with Gasteiger partial charge in [-0.15, -0.1) is 0 Å². The van der Waals surface area contributed by atoms with Crippen molar-refractivity contribution in [2.45, 2.75) is 46.2 Å². The molecule has 1 aliphatic rings. The first-order valence-electron chi connectivity index (χ1n) is 10.5. The number of aromatic nitrogens is 1. The fourth-order valence-corrected chi connectivity index (χ4v) is 4.46. The number of halogens is 1. The Labute approximate surface area is 195 Å². The molecule has 170 valence electrons. The number of aromatic amines is 1. The van der Waals surface area contributed by atoms with Crippen LogP contribution < -0.4 is 16.2 Å². The molecule has 0 atom stereocenters. The summed E-state index contributed by atoms with van der Waals surface area (Å²) in [6.45, 7) is 6.68. The smallest absolute Gasteiger partial charge is 0.253 e. The average Bonchev–Trinajstić information content (AvgIpc) is 2.72. The van der Waals surface area contributed by atoms with Crippen LogP contribution in [0.15, 0.2) is 27.5 Å². The summed E-state index contributed by atoms with van der Waals surface area (Å²) in [4.78, 5) is 41.4. The average molecular weight is 502 g/mol. The number of piperidine rings is 1. The lowest BCUT2D eigenvalue weighted by molar-refractivity contribution is -0.129. The molecule has 0 aliphatic carbocycles. The van der Waals surface area contributed by atoms with Gasteiger partial charge in [0.2, 0.25) is 5.91 Å². The minimum Gasteiger partial charge on any atom is -0.382 e. The second-order valence-corrected chi connectivity index (χ2v) is 9.02. The van der Waals surface area contributed by atoms with E-state index in [1.54, 1.807) is 13.0 Å². The SMILES string of the molecule is CC(=O)N1CCC(Nc2cc(Br)cc(C(=O)NCc3c(C)cc(C)[nH]c3=O)c2C=N)CC1. The predicted octanol–water partition coefficient (Wildman–Crippen LogP) is 3.10. The lowest BCUT2D eigenvalue weighted by Gasteiger charge is -2.32. The zero-order valence-electron chi connectivity index (χ0n) is 18.5. The molecular weight excluding hydrogens is 474 g/mol. The minimum absolute atomic E-state index is 0.0766. The molecular formula is C23H28BrN5O3. The summed E-state index contributed by atoms with van der Waals surface area (Å²) in [6, 6.07) is 5.53. The quantitative estimate of drug-likeness (QED) is 0.454. The Morgan fingerprint density at radius 3 is 2.53 bits per heavy atom. The van der Waals surface area contributed by atoms with Crippen LogP contribution in [-0.2, 0) is 11.3 Å². The molecule has 3 rings (SSSR count). The Balaban J connectivity index is 1.78. The van der Waals surface area contributed by atoms with Crippen LogP contribution in [0.1, 0.15) is 52.5 Å². The zero-order valence-corrected chi connectivity index (χ0v) is 20.1. The van der Waals surface area contributed by atoms with Crippen molar-refractivity contribution in [2.24, 2.45) is 0 Å². The highest BCUT2D eigenvalue weighted by molar-refractivity contribution is 9.10. The van der Waals surface area contributed by atoms with Gasteiger partial charge in [0.15, 0.2) is 0 Å². The van der Waals surface area contributed by atoms with E-state index >= 15 is 0 Å². The first-order chi connectivity index (χ1) is 15.2. The van der Waals surface area contributed by atoms with Crippen LogP contribution >= 0.6 is 15.9 Å². The van der Waals surface area contributed by atoms with Crippen LogP contribution in [0.5, 0.6) is 0 Å². The van der Waals surface area contributed by atoms with Crippen LogP contribution in [0.2, 0.25) is 0 Å². The summed E-state index contributed by atoms with van der Waals surface area (Å²) in [5.74, 6) is -0.286. The molecule has 2 amide bonds. The number of pyridine rings is 1. The van der Waals surface area contributed by atoms with E-state index in [2.05, 4.69) is 31.5 Å². The number of nitrogens with one attached hydrogen (secondary N) is 4. The number of rotatable bonds is 6. The fourth-order valence-electron chi connectivity index (χ4n) is 4.00. The van der Waals surface area contributed by atoms with Crippen molar-refractivity contribution in [2.75, 3.05) is 18.4 Å². The summed E-state index contributed by atoms with van der Waals surface area (Å²) >= 11 is 3.46. The maximum Gasteiger partial charge on any atom is 0.253 e. The molecule has 1 aromatic heterocycles. The van der Waals surface area contributed by atoms with Gasteiger partial charge in [0.05, 0.1) is 5.56 Å². The molecule has 1 saturated heterocycles. The Hall–Kier alpha value is -2.94. The molecule has 32 heavy (non-hydrogen) atoms. The molecule has 0 saturated carbocycles. The maximum absolute atomic E-state index is 13.0. The van der Waals surface area contributed by atoms with Gasteiger partial charge >= 0.3 is 0 Å². The lowest BCUT2D eigenvalue weighted by atomic mass is 10.0. The van der Waals surface area contributed by atoms with Gasteiger partial charge in [-0.25, -0.2) is 0 Å². The standard InChI is InChI=1S/C23H28BrN5O3/c1-13-8-14(2)27-23(32)20(13)12-26-22(31)18-9-16(24)10-21(19(18)11-25)28-17-4-6-29(7-5-17)15(3)30/h8-11,17,25,28H,4-7,12H2,1-3H3,(H,26,31)(H,27,32). The molecule has 0 spiro atoms. The summed E-state index contributed by atoms with van der Waals surface area (Å²) in [5, 5.41) is 14.2. The maximum atomic E-state index is 13.0. The number of carbonyl (C=O) groups excluding carboxylic acids is 2. The minimum atomic E-state index is -0.362. The van der Waals surface area contributed by atoms with Crippen LogP contribution in [0.4, 0.5) is 5.69 Å². The van der Waals surface area contributed by atoms with Crippen molar-refractivity contribution in [3.05, 3.63) is 61.0 Å². The van der Waals surface area contributed by atoms with Crippen molar-refractivity contribution in [3.63, 3.8) is 0 Å². The second-order valence-electron chi connectivity index (χ2n) is 8.11. The highest BCUT2D eigenvalue weighted by Crippen LogP contribution is 2.27. The van der Waals surface area contributed by atoms with Crippen molar-refractivity contribution in [1.29, 1.82) is 5.41 Å².